The molecule has 1 N–H and O–H groups in total. The van der Waals surface area contributed by atoms with Crippen molar-refractivity contribution in [1.29, 1.82) is 0 Å². The first-order valence-corrected chi connectivity index (χ1v) is 7.68. The van der Waals surface area contributed by atoms with Crippen molar-refractivity contribution in [3.05, 3.63) is 29.3 Å². The van der Waals surface area contributed by atoms with Gasteiger partial charge in [0, 0.05) is 31.4 Å². The molecule has 1 atom stereocenters. The van der Waals surface area contributed by atoms with Gasteiger partial charge in [-0.05, 0) is 30.9 Å². The Kier molecular flexibility index (Phi) is 4.87. The molecule has 2 heteroatoms. The smallest absolute Gasteiger partial charge is 0.0412 e. The lowest BCUT2D eigenvalue weighted by atomic mass is 10.1. The van der Waals surface area contributed by atoms with Gasteiger partial charge in [-0.25, -0.2) is 0 Å². The SMILES string of the molecule is CCC1CCN(c2ccc(C)cc2CNC(C)C)C1. The fourth-order valence-corrected chi connectivity index (χ4v) is 2.86. The van der Waals surface area contributed by atoms with Crippen LogP contribution in [-0.4, -0.2) is 19.1 Å². The Balaban J connectivity index is 2.14. The van der Waals surface area contributed by atoms with Crippen LogP contribution in [0.15, 0.2) is 18.2 Å². The summed E-state index contributed by atoms with van der Waals surface area (Å²) in [6, 6.07) is 7.43. The van der Waals surface area contributed by atoms with Crippen LogP contribution in [0.5, 0.6) is 0 Å². The third-order valence-corrected chi connectivity index (χ3v) is 4.14. The second kappa shape index (κ2) is 6.42. The van der Waals surface area contributed by atoms with Crippen molar-refractivity contribution in [3.8, 4) is 0 Å². The summed E-state index contributed by atoms with van der Waals surface area (Å²) in [5.41, 5.74) is 4.25. The maximum absolute atomic E-state index is 3.55. The van der Waals surface area contributed by atoms with E-state index >= 15 is 0 Å². The number of nitrogens with zero attached hydrogens (tertiary/aromatic N) is 1. The molecule has 0 saturated carbocycles. The lowest BCUT2D eigenvalue weighted by Crippen LogP contribution is -2.25. The number of hydrogen-bond donors (Lipinski definition) is 1. The summed E-state index contributed by atoms with van der Waals surface area (Å²) < 4.78 is 0. The molecule has 19 heavy (non-hydrogen) atoms. The van der Waals surface area contributed by atoms with Gasteiger partial charge in [0.2, 0.25) is 0 Å². The first-order valence-electron chi connectivity index (χ1n) is 7.68. The normalized spacial score (nSPS) is 19.4. The van der Waals surface area contributed by atoms with Gasteiger partial charge >= 0.3 is 0 Å². The van der Waals surface area contributed by atoms with E-state index in [1.807, 2.05) is 0 Å². The van der Waals surface area contributed by atoms with E-state index in [2.05, 4.69) is 56.1 Å². The summed E-state index contributed by atoms with van der Waals surface area (Å²) in [6.45, 7) is 12.3. The molecule has 2 nitrogen and oxygen atoms in total. The van der Waals surface area contributed by atoms with E-state index in [0.29, 0.717) is 6.04 Å². The Morgan fingerprint density at radius 3 is 2.79 bits per heavy atom. The van der Waals surface area contributed by atoms with Gasteiger partial charge in [-0.15, -0.1) is 0 Å². The molecule has 1 unspecified atom stereocenters. The molecule has 1 aliphatic heterocycles. The Labute approximate surface area is 118 Å². The highest BCUT2D eigenvalue weighted by Crippen LogP contribution is 2.29. The van der Waals surface area contributed by atoms with Gasteiger partial charge in [-0.3, -0.25) is 0 Å². The van der Waals surface area contributed by atoms with E-state index in [9.17, 15) is 0 Å². The number of benzene rings is 1. The fourth-order valence-electron chi connectivity index (χ4n) is 2.86. The van der Waals surface area contributed by atoms with Gasteiger partial charge in [0.05, 0.1) is 0 Å². The molecule has 1 aromatic carbocycles. The van der Waals surface area contributed by atoms with E-state index < -0.39 is 0 Å². The number of hydrogen-bond acceptors (Lipinski definition) is 2. The zero-order chi connectivity index (χ0) is 13.8. The van der Waals surface area contributed by atoms with Gasteiger partial charge in [0.15, 0.2) is 0 Å². The van der Waals surface area contributed by atoms with Crippen molar-refractivity contribution in [3.63, 3.8) is 0 Å². The third kappa shape index (κ3) is 3.73. The zero-order valence-corrected chi connectivity index (χ0v) is 12.9. The Morgan fingerprint density at radius 1 is 1.37 bits per heavy atom. The van der Waals surface area contributed by atoms with Crippen LogP contribution in [0.4, 0.5) is 5.69 Å². The number of nitrogens with one attached hydrogen (secondary N) is 1. The van der Waals surface area contributed by atoms with Crippen molar-refractivity contribution in [2.24, 2.45) is 5.92 Å². The zero-order valence-electron chi connectivity index (χ0n) is 12.9. The average molecular weight is 260 g/mol. The van der Waals surface area contributed by atoms with Gasteiger partial charge in [-0.1, -0.05) is 44.9 Å². The van der Waals surface area contributed by atoms with Crippen LogP contribution in [0.2, 0.25) is 0 Å². The van der Waals surface area contributed by atoms with Crippen LogP contribution in [-0.2, 0) is 6.54 Å². The van der Waals surface area contributed by atoms with Crippen molar-refractivity contribution in [1.82, 2.24) is 5.32 Å². The molecule has 1 aromatic rings. The summed E-state index contributed by atoms with van der Waals surface area (Å²) in [5, 5.41) is 3.55. The Morgan fingerprint density at radius 2 is 2.16 bits per heavy atom. The molecule has 0 radical (unpaired) electrons. The van der Waals surface area contributed by atoms with Crippen LogP contribution in [0.25, 0.3) is 0 Å². The highest BCUT2D eigenvalue weighted by atomic mass is 15.2. The second-order valence-electron chi connectivity index (χ2n) is 6.18. The minimum absolute atomic E-state index is 0.537. The van der Waals surface area contributed by atoms with Crippen molar-refractivity contribution in [2.75, 3.05) is 18.0 Å². The third-order valence-electron chi connectivity index (χ3n) is 4.14. The quantitative estimate of drug-likeness (QED) is 0.868. The first kappa shape index (κ1) is 14.4. The summed E-state index contributed by atoms with van der Waals surface area (Å²) in [7, 11) is 0. The van der Waals surface area contributed by atoms with E-state index in [1.165, 1.54) is 42.7 Å². The predicted octanol–water partition coefficient (Wildman–Crippen LogP) is 3.73. The van der Waals surface area contributed by atoms with Gasteiger partial charge in [0.25, 0.3) is 0 Å². The van der Waals surface area contributed by atoms with Crippen LogP contribution in [0, 0.1) is 12.8 Å². The van der Waals surface area contributed by atoms with Crippen LogP contribution in [0.1, 0.15) is 44.7 Å². The molecular formula is C17H28N2. The molecule has 2 rings (SSSR count). The van der Waals surface area contributed by atoms with Crippen molar-refractivity contribution in [2.45, 2.75) is 53.1 Å². The number of rotatable bonds is 5. The maximum Gasteiger partial charge on any atom is 0.0412 e. The van der Waals surface area contributed by atoms with Crippen LogP contribution in [0.3, 0.4) is 0 Å². The highest BCUT2D eigenvalue weighted by Gasteiger charge is 2.22. The van der Waals surface area contributed by atoms with E-state index in [0.717, 1.165) is 12.5 Å². The molecule has 1 fully saturated rings. The minimum atomic E-state index is 0.537. The Hall–Kier alpha value is -1.02. The van der Waals surface area contributed by atoms with Crippen molar-refractivity contribution < 1.29 is 0 Å². The minimum Gasteiger partial charge on any atom is -0.371 e. The summed E-state index contributed by atoms with van der Waals surface area (Å²) in [4.78, 5) is 2.57. The van der Waals surface area contributed by atoms with Crippen LogP contribution < -0.4 is 10.2 Å². The molecule has 0 aromatic heterocycles. The molecule has 1 heterocycles. The summed E-state index contributed by atoms with van der Waals surface area (Å²) in [5.74, 6) is 0.882. The summed E-state index contributed by atoms with van der Waals surface area (Å²) >= 11 is 0. The van der Waals surface area contributed by atoms with E-state index in [4.69, 9.17) is 0 Å². The van der Waals surface area contributed by atoms with Gasteiger partial charge < -0.3 is 10.2 Å². The molecule has 106 valence electrons. The highest BCUT2D eigenvalue weighted by molar-refractivity contribution is 5.55. The Bertz CT molecular complexity index is 412. The van der Waals surface area contributed by atoms with Crippen molar-refractivity contribution >= 4 is 5.69 Å². The molecular weight excluding hydrogens is 232 g/mol. The standard InChI is InChI=1S/C17H28N2/c1-5-15-8-9-19(12-15)17-7-6-14(4)10-16(17)11-18-13(2)3/h6-7,10,13,15,18H,5,8-9,11-12H2,1-4H3. The molecule has 1 aliphatic rings. The van der Waals surface area contributed by atoms with Gasteiger partial charge in [0.1, 0.15) is 0 Å². The summed E-state index contributed by atoms with van der Waals surface area (Å²) in [6.07, 6.45) is 2.66. The maximum atomic E-state index is 3.55. The fraction of sp³-hybridized carbons (Fsp3) is 0.647. The second-order valence-corrected chi connectivity index (χ2v) is 6.18. The number of anilines is 1. The lowest BCUT2D eigenvalue weighted by molar-refractivity contribution is 0.568. The molecule has 0 spiro atoms. The number of aryl methyl sites for hydroxylation is 1. The molecule has 0 aliphatic carbocycles. The first-order chi connectivity index (χ1) is 9.10. The molecule has 0 bridgehead atoms. The molecule has 1 saturated heterocycles. The monoisotopic (exact) mass is 260 g/mol. The average Bonchev–Trinajstić information content (AvgIpc) is 2.85. The largest absolute Gasteiger partial charge is 0.371 e. The topological polar surface area (TPSA) is 15.3 Å². The molecule has 0 amide bonds. The van der Waals surface area contributed by atoms with E-state index in [-0.39, 0.29) is 0 Å². The van der Waals surface area contributed by atoms with E-state index in [1.54, 1.807) is 0 Å². The lowest BCUT2D eigenvalue weighted by Gasteiger charge is -2.23. The van der Waals surface area contributed by atoms with Gasteiger partial charge in [-0.2, -0.15) is 0 Å². The van der Waals surface area contributed by atoms with Crippen LogP contribution >= 0.6 is 0 Å². The predicted molar refractivity (Wildman–Crippen MR) is 83.8 cm³/mol.